The van der Waals surface area contributed by atoms with Crippen LogP contribution < -0.4 is 10.6 Å². The maximum atomic E-state index is 12.4. The number of anilines is 1. The van der Waals surface area contributed by atoms with Gasteiger partial charge in [-0.3, -0.25) is 14.4 Å². The Morgan fingerprint density at radius 1 is 1.15 bits per heavy atom. The van der Waals surface area contributed by atoms with Crippen LogP contribution in [0.5, 0.6) is 0 Å². The van der Waals surface area contributed by atoms with Gasteiger partial charge >= 0.3 is 0 Å². The molecule has 0 unspecified atom stereocenters. The van der Waals surface area contributed by atoms with E-state index >= 15 is 0 Å². The summed E-state index contributed by atoms with van der Waals surface area (Å²) in [5, 5.41) is 6.04. The molecule has 0 radical (unpaired) electrons. The van der Waals surface area contributed by atoms with Crippen molar-refractivity contribution in [1.29, 1.82) is 0 Å². The van der Waals surface area contributed by atoms with Gasteiger partial charge in [-0.2, -0.15) is 0 Å². The average Bonchev–Trinajstić information content (AvgIpc) is 2.53. The molecule has 2 N–H and O–H groups in total. The average molecular weight is 402 g/mol. The van der Waals surface area contributed by atoms with Gasteiger partial charge in [-0.05, 0) is 24.6 Å². The van der Waals surface area contributed by atoms with Gasteiger partial charge in [0.05, 0.1) is 23.8 Å². The minimum absolute atomic E-state index is 0.128. The van der Waals surface area contributed by atoms with E-state index in [1.54, 1.807) is 32.9 Å². The summed E-state index contributed by atoms with van der Waals surface area (Å²) in [7, 11) is 0. The number of carbonyl (C=O) groups is 3. The Hall–Kier alpha value is -1.79. The van der Waals surface area contributed by atoms with Crippen LogP contribution in [0.25, 0.3) is 0 Å². The number of carbonyl (C=O) groups excluding carboxylic acids is 3. The molecule has 3 amide bonds. The van der Waals surface area contributed by atoms with Gasteiger partial charge in [-0.1, -0.05) is 50.9 Å². The van der Waals surface area contributed by atoms with E-state index in [0.29, 0.717) is 28.7 Å². The van der Waals surface area contributed by atoms with Gasteiger partial charge in [0.25, 0.3) is 0 Å². The van der Waals surface area contributed by atoms with Crippen LogP contribution in [0.1, 0.15) is 34.1 Å². The van der Waals surface area contributed by atoms with Crippen LogP contribution in [0.4, 0.5) is 5.69 Å². The Bertz CT molecular complexity index is 672. The van der Waals surface area contributed by atoms with Crippen LogP contribution in [-0.2, 0) is 14.4 Å². The second-order valence-electron chi connectivity index (χ2n) is 6.92. The first kappa shape index (κ1) is 22.3. The highest BCUT2D eigenvalue weighted by Crippen LogP contribution is 2.25. The van der Waals surface area contributed by atoms with Crippen molar-refractivity contribution in [3.05, 3.63) is 28.2 Å². The lowest BCUT2D eigenvalue weighted by Gasteiger charge is -2.23. The Kier molecular flexibility index (Phi) is 8.37. The van der Waals surface area contributed by atoms with Crippen molar-refractivity contribution in [2.24, 2.45) is 5.41 Å². The Morgan fingerprint density at radius 2 is 1.81 bits per heavy atom. The zero-order valence-corrected chi connectivity index (χ0v) is 17.0. The first-order chi connectivity index (χ1) is 12.0. The van der Waals surface area contributed by atoms with Crippen LogP contribution in [0.3, 0.4) is 0 Å². The van der Waals surface area contributed by atoms with Crippen molar-refractivity contribution in [3.63, 3.8) is 0 Å². The zero-order valence-electron chi connectivity index (χ0n) is 15.5. The van der Waals surface area contributed by atoms with Crippen molar-refractivity contribution < 1.29 is 14.4 Å². The molecule has 1 aromatic carbocycles. The molecule has 0 atom stereocenters. The Balaban J connectivity index is 2.67. The van der Waals surface area contributed by atoms with Crippen LogP contribution in [0.15, 0.2) is 18.2 Å². The largest absolute Gasteiger partial charge is 0.347 e. The van der Waals surface area contributed by atoms with Gasteiger partial charge in [0, 0.05) is 17.0 Å². The van der Waals surface area contributed by atoms with E-state index in [0.717, 1.165) is 0 Å². The number of rotatable bonds is 7. The molecule has 0 heterocycles. The summed E-state index contributed by atoms with van der Waals surface area (Å²) < 4.78 is 0. The number of nitrogens with zero attached hydrogens (tertiary/aromatic N) is 1. The van der Waals surface area contributed by atoms with Crippen molar-refractivity contribution >= 4 is 46.6 Å². The van der Waals surface area contributed by atoms with Crippen LogP contribution in [0.2, 0.25) is 10.0 Å². The van der Waals surface area contributed by atoms with E-state index in [1.165, 1.54) is 11.0 Å². The highest BCUT2D eigenvalue weighted by Gasteiger charge is 2.23. The third-order valence-corrected chi connectivity index (χ3v) is 4.02. The van der Waals surface area contributed by atoms with Gasteiger partial charge in [-0.25, -0.2) is 0 Å². The standard InChI is InChI=1S/C18H25Cl2N3O3/c1-5-8-23(16(25)10-21-17(26)18(2,3)4)11-15(24)22-14-7-6-12(19)9-13(14)20/h6-7,9H,5,8,10-11H2,1-4H3,(H,21,26)(H,22,24). The number of hydrogen-bond donors (Lipinski definition) is 2. The first-order valence-electron chi connectivity index (χ1n) is 8.35. The molecular weight excluding hydrogens is 377 g/mol. The van der Waals surface area contributed by atoms with Gasteiger partial charge in [-0.15, -0.1) is 0 Å². The monoisotopic (exact) mass is 401 g/mol. The summed E-state index contributed by atoms with van der Waals surface area (Å²) in [4.78, 5) is 37.9. The summed E-state index contributed by atoms with van der Waals surface area (Å²) in [5.74, 6) is -0.917. The number of nitrogens with one attached hydrogen (secondary N) is 2. The van der Waals surface area contributed by atoms with E-state index in [2.05, 4.69) is 10.6 Å². The lowest BCUT2D eigenvalue weighted by Crippen LogP contribution is -2.46. The lowest BCUT2D eigenvalue weighted by atomic mass is 9.96. The second-order valence-corrected chi connectivity index (χ2v) is 7.76. The van der Waals surface area contributed by atoms with E-state index in [9.17, 15) is 14.4 Å². The summed E-state index contributed by atoms with van der Waals surface area (Å²) in [6, 6.07) is 4.73. The molecular formula is C18H25Cl2N3O3. The molecule has 6 nitrogen and oxygen atoms in total. The van der Waals surface area contributed by atoms with Gasteiger partial charge < -0.3 is 15.5 Å². The van der Waals surface area contributed by atoms with Crippen LogP contribution in [0, 0.1) is 5.41 Å². The topological polar surface area (TPSA) is 78.5 Å². The molecule has 26 heavy (non-hydrogen) atoms. The number of amides is 3. The molecule has 0 aliphatic rings. The summed E-state index contributed by atoms with van der Waals surface area (Å²) >= 11 is 11.9. The number of halogens is 2. The molecule has 0 aliphatic carbocycles. The van der Waals surface area contributed by atoms with Crippen LogP contribution >= 0.6 is 23.2 Å². The molecule has 0 saturated carbocycles. The molecule has 0 spiro atoms. The van der Waals surface area contributed by atoms with Crippen LogP contribution in [-0.4, -0.2) is 42.3 Å². The minimum Gasteiger partial charge on any atom is -0.347 e. The zero-order chi connectivity index (χ0) is 19.9. The fraction of sp³-hybridized carbons (Fsp3) is 0.500. The molecule has 144 valence electrons. The second kappa shape index (κ2) is 9.78. The first-order valence-corrected chi connectivity index (χ1v) is 9.11. The van der Waals surface area contributed by atoms with E-state index in [-0.39, 0.29) is 30.8 Å². The molecule has 0 fully saturated rings. The Morgan fingerprint density at radius 3 is 2.35 bits per heavy atom. The predicted molar refractivity (Wildman–Crippen MR) is 104 cm³/mol. The van der Waals surface area contributed by atoms with E-state index < -0.39 is 5.41 Å². The SMILES string of the molecule is CCCN(CC(=O)Nc1ccc(Cl)cc1Cl)C(=O)CNC(=O)C(C)(C)C. The maximum Gasteiger partial charge on any atom is 0.244 e. The van der Waals surface area contributed by atoms with Crippen molar-refractivity contribution in [3.8, 4) is 0 Å². The highest BCUT2D eigenvalue weighted by molar-refractivity contribution is 6.36. The van der Waals surface area contributed by atoms with Gasteiger partial charge in [0.1, 0.15) is 0 Å². The lowest BCUT2D eigenvalue weighted by molar-refractivity contribution is -0.136. The smallest absolute Gasteiger partial charge is 0.244 e. The molecule has 1 rings (SSSR count). The predicted octanol–water partition coefficient (Wildman–Crippen LogP) is 3.33. The van der Waals surface area contributed by atoms with Crippen molar-refractivity contribution in [2.45, 2.75) is 34.1 Å². The van der Waals surface area contributed by atoms with Crippen molar-refractivity contribution in [2.75, 3.05) is 25.0 Å². The molecule has 8 heteroatoms. The van der Waals surface area contributed by atoms with Gasteiger partial charge in [0.2, 0.25) is 17.7 Å². The summed E-state index contributed by atoms with van der Waals surface area (Å²) in [6.45, 7) is 7.33. The summed E-state index contributed by atoms with van der Waals surface area (Å²) in [6.07, 6.45) is 0.688. The van der Waals surface area contributed by atoms with Gasteiger partial charge in [0.15, 0.2) is 0 Å². The number of benzene rings is 1. The molecule has 1 aromatic rings. The molecule has 0 saturated heterocycles. The minimum atomic E-state index is -0.585. The quantitative estimate of drug-likeness (QED) is 0.735. The fourth-order valence-corrected chi connectivity index (χ4v) is 2.50. The number of hydrogen-bond acceptors (Lipinski definition) is 3. The molecule has 0 bridgehead atoms. The Labute approximate surface area is 164 Å². The third-order valence-electron chi connectivity index (χ3n) is 3.47. The highest BCUT2D eigenvalue weighted by atomic mass is 35.5. The third kappa shape index (κ3) is 7.22. The van der Waals surface area contributed by atoms with E-state index in [4.69, 9.17) is 23.2 Å². The normalized spacial score (nSPS) is 11.0. The maximum absolute atomic E-state index is 12.4. The summed E-state index contributed by atoms with van der Waals surface area (Å²) in [5.41, 5.74) is -0.163. The molecule has 0 aromatic heterocycles. The fourth-order valence-electron chi connectivity index (χ4n) is 2.05. The van der Waals surface area contributed by atoms with E-state index in [1.807, 2.05) is 6.92 Å². The van der Waals surface area contributed by atoms with Crippen molar-refractivity contribution in [1.82, 2.24) is 10.2 Å². The molecule has 0 aliphatic heterocycles.